The van der Waals surface area contributed by atoms with Gasteiger partial charge in [0.15, 0.2) is 0 Å². The van der Waals surface area contributed by atoms with Gasteiger partial charge in [0, 0.05) is 37.0 Å². The summed E-state index contributed by atoms with van der Waals surface area (Å²) in [6.45, 7) is 10.8. The van der Waals surface area contributed by atoms with Crippen molar-refractivity contribution in [2.45, 2.75) is 45.9 Å². The number of aliphatic hydroxyl groups excluding tert-OH is 1. The molecule has 120 valence electrons. The maximum atomic E-state index is 11.1. The highest BCUT2D eigenvalue weighted by molar-refractivity contribution is 5.27. The first-order valence-electron chi connectivity index (χ1n) is 8.76. The monoisotopic (exact) mass is 300 g/mol. The molecule has 0 aromatic heterocycles. The Labute approximate surface area is 133 Å². The minimum Gasteiger partial charge on any atom is -0.392 e. The van der Waals surface area contributed by atoms with Gasteiger partial charge in [-0.25, -0.2) is 0 Å². The zero-order valence-electron chi connectivity index (χ0n) is 14.0. The van der Waals surface area contributed by atoms with Gasteiger partial charge in [-0.05, 0) is 25.3 Å². The Morgan fingerprint density at radius 3 is 1.82 bits per heavy atom. The van der Waals surface area contributed by atoms with E-state index in [9.17, 15) is 5.11 Å². The fourth-order valence-electron chi connectivity index (χ4n) is 5.40. The normalized spacial score (nSPS) is 46.2. The lowest BCUT2D eigenvalue weighted by atomic mass is 9.57. The smallest absolute Gasteiger partial charge is 0.0887 e. The zero-order valence-corrected chi connectivity index (χ0v) is 14.0. The van der Waals surface area contributed by atoms with Gasteiger partial charge in [-0.3, -0.25) is 9.80 Å². The maximum absolute atomic E-state index is 11.1. The Hall–Kier alpha value is -0.900. The summed E-state index contributed by atoms with van der Waals surface area (Å²) in [4.78, 5) is 5.27. The van der Waals surface area contributed by atoms with Crippen LogP contribution in [0.3, 0.4) is 0 Å². The molecule has 3 nitrogen and oxygen atoms in total. The quantitative estimate of drug-likeness (QED) is 0.930. The SMILES string of the molecule is CCC12CN3CC(CC)(CN(C1)C3c1ccc(C)cc1)C2O. The number of hydrogen-bond donors (Lipinski definition) is 1. The molecule has 4 bridgehead atoms. The van der Waals surface area contributed by atoms with Crippen LogP contribution in [0.5, 0.6) is 0 Å². The third kappa shape index (κ3) is 1.79. The van der Waals surface area contributed by atoms with E-state index in [1.807, 2.05) is 0 Å². The molecule has 0 atom stereocenters. The molecule has 1 N–H and O–H groups in total. The minimum atomic E-state index is -0.138. The molecule has 5 rings (SSSR count). The lowest BCUT2D eigenvalue weighted by molar-refractivity contribution is -0.266. The zero-order chi connectivity index (χ0) is 15.5. The molecule has 4 aliphatic rings. The summed E-state index contributed by atoms with van der Waals surface area (Å²) in [5, 5.41) is 11.1. The average Bonchev–Trinajstić information content (AvgIpc) is 2.52. The van der Waals surface area contributed by atoms with E-state index in [0.717, 1.165) is 39.0 Å². The van der Waals surface area contributed by atoms with Gasteiger partial charge in [0.05, 0.1) is 12.3 Å². The van der Waals surface area contributed by atoms with Gasteiger partial charge in [-0.1, -0.05) is 43.7 Å². The molecule has 22 heavy (non-hydrogen) atoms. The molecule has 3 heteroatoms. The van der Waals surface area contributed by atoms with Crippen LogP contribution >= 0.6 is 0 Å². The van der Waals surface area contributed by atoms with E-state index < -0.39 is 0 Å². The Balaban J connectivity index is 1.73. The molecule has 4 saturated heterocycles. The van der Waals surface area contributed by atoms with Crippen LogP contribution in [-0.2, 0) is 0 Å². The highest BCUT2D eigenvalue weighted by Crippen LogP contribution is 2.56. The standard InChI is InChI=1S/C19H28N2O/c1-4-18-10-20-12-19(5-2,17(18)22)13-21(11-18)16(20)15-8-6-14(3)7-9-15/h6-9,16-17,22H,4-5,10-13H2,1-3H3. The van der Waals surface area contributed by atoms with Crippen molar-refractivity contribution in [3.8, 4) is 0 Å². The number of aryl methyl sites for hydroxylation is 1. The molecule has 0 radical (unpaired) electrons. The number of piperidine rings is 2. The fourth-order valence-corrected chi connectivity index (χ4v) is 5.40. The molecule has 0 amide bonds. The Bertz CT molecular complexity index is 527. The molecule has 0 saturated carbocycles. The molecule has 0 aliphatic carbocycles. The van der Waals surface area contributed by atoms with Gasteiger partial charge in [0.25, 0.3) is 0 Å². The van der Waals surface area contributed by atoms with Crippen LogP contribution in [0.15, 0.2) is 24.3 Å². The maximum Gasteiger partial charge on any atom is 0.0887 e. The van der Waals surface area contributed by atoms with Gasteiger partial charge in [0.1, 0.15) is 0 Å². The van der Waals surface area contributed by atoms with Crippen molar-refractivity contribution in [1.82, 2.24) is 9.80 Å². The van der Waals surface area contributed by atoms with Gasteiger partial charge in [-0.2, -0.15) is 0 Å². The van der Waals surface area contributed by atoms with Crippen LogP contribution in [-0.4, -0.2) is 47.2 Å². The van der Waals surface area contributed by atoms with Gasteiger partial charge < -0.3 is 5.11 Å². The Morgan fingerprint density at radius 1 is 0.955 bits per heavy atom. The van der Waals surface area contributed by atoms with Crippen molar-refractivity contribution >= 4 is 0 Å². The molecule has 4 fully saturated rings. The average molecular weight is 300 g/mol. The fraction of sp³-hybridized carbons (Fsp3) is 0.684. The molecule has 0 unspecified atom stereocenters. The van der Waals surface area contributed by atoms with E-state index in [1.54, 1.807) is 0 Å². The van der Waals surface area contributed by atoms with E-state index in [4.69, 9.17) is 0 Å². The van der Waals surface area contributed by atoms with Gasteiger partial charge in [0.2, 0.25) is 0 Å². The summed E-state index contributed by atoms with van der Waals surface area (Å²) in [6, 6.07) is 9.02. The number of nitrogens with zero attached hydrogens (tertiary/aromatic N) is 2. The van der Waals surface area contributed by atoms with Crippen molar-refractivity contribution < 1.29 is 5.11 Å². The van der Waals surface area contributed by atoms with Crippen LogP contribution in [0.4, 0.5) is 0 Å². The predicted octanol–water partition coefficient (Wildman–Crippen LogP) is 2.79. The predicted molar refractivity (Wildman–Crippen MR) is 88.5 cm³/mol. The minimum absolute atomic E-state index is 0.0771. The number of hydrogen-bond acceptors (Lipinski definition) is 3. The van der Waals surface area contributed by atoms with E-state index in [0.29, 0.717) is 6.17 Å². The molecular weight excluding hydrogens is 272 g/mol. The summed E-state index contributed by atoms with van der Waals surface area (Å²) >= 11 is 0. The van der Waals surface area contributed by atoms with Gasteiger partial charge in [-0.15, -0.1) is 0 Å². The largest absolute Gasteiger partial charge is 0.392 e. The topological polar surface area (TPSA) is 26.7 Å². The highest BCUT2D eigenvalue weighted by Gasteiger charge is 2.63. The molecule has 4 heterocycles. The number of aliphatic hydroxyl groups is 1. The van der Waals surface area contributed by atoms with Gasteiger partial charge >= 0.3 is 0 Å². The second kappa shape index (κ2) is 4.80. The first-order chi connectivity index (χ1) is 10.5. The second-order valence-electron chi connectivity index (χ2n) is 7.93. The van der Waals surface area contributed by atoms with Crippen LogP contribution in [0.1, 0.15) is 44.0 Å². The summed E-state index contributed by atoms with van der Waals surface area (Å²) in [5.74, 6) is 0. The molecule has 0 spiro atoms. The van der Waals surface area contributed by atoms with E-state index in [-0.39, 0.29) is 16.9 Å². The summed E-state index contributed by atoms with van der Waals surface area (Å²) < 4.78 is 0. The van der Waals surface area contributed by atoms with Crippen LogP contribution < -0.4 is 0 Å². The van der Waals surface area contributed by atoms with Crippen molar-refractivity contribution in [3.05, 3.63) is 35.4 Å². The molecule has 1 aromatic rings. The third-order valence-corrected chi connectivity index (χ3v) is 6.71. The van der Waals surface area contributed by atoms with Crippen molar-refractivity contribution in [2.24, 2.45) is 10.8 Å². The summed E-state index contributed by atoms with van der Waals surface area (Å²) in [5.41, 5.74) is 2.89. The first kappa shape index (κ1) is 14.7. The van der Waals surface area contributed by atoms with Crippen LogP contribution in [0, 0.1) is 17.8 Å². The number of benzene rings is 1. The first-order valence-corrected chi connectivity index (χ1v) is 8.76. The second-order valence-corrected chi connectivity index (χ2v) is 7.93. The van der Waals surface area contributed by atoms with Crippen molar-refractivity contribution in [2.75, 3.05) is 26.2 Å². The Morgan fingerprint density at radius 2 is 1.41 bits per heavy atom. The lowest BCUT2D eigenvalue weighted by Gasteiger charge is -2.69. The van der Waals surface area contributed by atoms with Crippen molar-refractivity contribution in [3.63, 3.8) is 0 Å². The van der Waals surface area contributed by atoms with Crippen LogP contribution in [0.2, 0.25) is 0 Å². The van der Waals surface area contributed by atoms with E-state index in [1.165, 1.54) is 11.1 Å². The van der Waals surface area contributed by atoms with E-state index in [2.05, 4.69) is 54.8 Å². The summed E-state index contributed by atoms with van der Waals surface area (Å²) in [6.07, 6.45) is 2.42. The van der Waals surface area contributed by atoms with Crippen LogP contribution in [0.25, 0.3) is 0 Å². The Kier molecular flexibility index (Phi) is 3.20. The summed E-state index contributed by atoms with van der Waals surface area (Å²) in [7, 11) is 0. The molecular formula is C19H28N2O. The molecule has 1 aromatic carbocycles. The van der Waals surface area contributed by atoms with Crippen molar-refractivity contribution in [1.29, 1.82) is 0 Å². The number of rotatable bonds is 3. The lowest BCUT2D eigenvalue weighted by Crippen LogP contribution is -2.78. The molecule has 4 aliphatic heterocycles. The third-order valence-electron chi connectivity index (χ3n) is 6.71. The van der Waals surface area contributed by atoms with E-state index >= 15 is 0 Å². The highest BCUT2D eigenvalue weighted by atomic mass is 16.3.